The van der Waals surface area contributed by atoms with Crippen molar-refractivity contribution in [3.8, 4) is 11.3 Å². The summed E-state index contributed by atoms with van der Waals surface area (Å²) in [7, 11) is 0. The van der Waals surface area contributed by atoms with Crippen LogP contribution in [0.3, 0.4) is 0 Å². The highest BCUT2D eigenvalue weighted by Gasteiger charge is 2.41. The molecule has 0 amide bonds. The van der Waals surface area contributed by atoms with Crippen molar-refractivity contribution in [1.29, 1.82) is 0 Å². The second kappa shape index (κ2) is 11.8. The number of hydrogen-bond donors (Lipinski definition) is 1. The Balaban J connectivity index is 1.48. The van der Waals surface area contributed by atoms with Gasteiger partial charge in [0.2, 0.25) is 5.95 Å². The quantitative estimate of drug-likeness (QED) is 0.122. The summed E-state index contributed by atoms with van der Waals surface area (Å²) in [4.78, 5) is 25.3. The molecule has 0 unspecified atom stereocenters. The number of hydrogen-bond acceptors (Lipinski definition) is 3. The predicted molar refractivity (Wildman–Crippen MR) is 161 cm³/mol. The Morgan fingerprint density at radius 3 is 1.90 bits per heavy atom. The van der Waals surface area contributed by atoms with Crippen molar-refractivity contribution in [3.63, 3.8) is 0 Å². The largest absolute Gasteiger partial charge is 0.341 e. The van der Waals surface area contributed by atoms with Crippen LogP contribution in [0.1, 0.15) is 60.2 Å². The molecule has 1 aliphatic rings. The summed E-state index contributed by atoms with van der Waals surface area (Å²) < 4.78 is 15.2. The fourth-order valence-electron chi connectivity index (χ4n) is 6.15. The van der Waals surface area contributed by atoms with Gasteiger partial charge in [-0.05, 0) is 47.8 Å². The molecule has 4 nitrogen and oxygen atoms in total. The number of allylic oxidation sites excluding steroid dienone is 1. The number of H-pyrrole nitrogens is 1. The number of ketones is 1. The van der Waals surface area contributed by atoms with Gasteiger partial charge in [0, 0.05) is 23.2 Å². The van der Waals surface area contributed by atoms with Gasteiger partial charge in [-0.15, -0.1) is 0 Å². The van der Waals surface area contributed by atoms with Crippen LogP contribution in [-0.4, -0.2) is 20.7 Å². The molecule has 0 bridgehead atoms. The van der Waals surface area contributed by atoms with Crippen molar-refractivity contribution < 1.29 is 9.18 Å². The van der Waals surface area contributed by atoms with Gasteiger partial charge < -0.3 is 4.98 Å². The molecule has 3 aromatic carbocycles. The summed E-state index contributed by atoms with van der Waals surface area (Å²) in [6.07, 6.45) is 11.4. The number of rotatable bonds is 8. The zero-order chi connectivity index (χ0) is 28.1. The molecule has 1 fully saturated rings. The maximum Gasteiger partial charge on any atom is 0.220 e. The molecule has 5 aromatic rings. The van der Waals surface area contributed by atoms with Crippen LogP contribution >= 0.6 is 0 Å². The van der Waals surface area contributed by atoms with Gasteiger partial charge in [-0.2, -0.15) is 4.39 Å². The monoisotopic (exact) mass is 541 g/mol. The lowest BCUT2D eigenvalue weighted by atomic mass is 9.69. The summed E-state index contributed by atoms with van der Waals surface area (Å²) in [5, 5.41) is 0. The first-order chi connectivity index (χ1) is 20.2. The average Bonchev–Trinajstić information content (AvgIpc) is 3.53. The maximum atomic E-state index is 15.2. The minimum atomic E-state index is -0.749. The number of pyridine rings is 1. The molecule has 0 spiro atoms. The van der Waals surface area contributed by atoms with Crippen molar-refractivity contribution in [3.05, 3.63) is 150 Å². The third-order valence-electron chi connectivity index (χ3n) is 8.20. The lowest BCUT2D eigenvalue weighted by molar-refractivity contribution is -0.119. The second-order valence-electron chi connectivity index (χ2n) is 10.6. The Kier molecular flexibility index (Phi) is 7.68. The van der Waals surface area contributed by atoms with E-state index in [1.165, 1.54) is 18.7 Å². The van der Waals surface area contributed by atoms with Crippen LogP contribution in [0.4, 0.5) is 4.39 Å². The normalized spacial score (nSPS) is 14.4. The third-order valence-corrected chi connectivity index (χ3v) is 8.20. The molecule has 2 aromatic heterocycles. The number of halogens is 1. The van der Waals surface area contributed by atoms with Crippen LogP contribution in [0.25, 0.3) is 17.3 Å². The maximum absolute atomic E-state index is 15.2. The molecule has 5 heteroatoms. The zero-order valence-corrected chi connectivity index (χ0v) is 22.8. The van der Waals surface area contributed by atoms with E-state index < -0.39 is 11.4 Å². The topological polar surface area (TPSA) is 58.6 Å². The SMILES string of the molecule is O=C(C=Cc1c(-c2cnc(C(c3ccccc3)(c3ccccc3)c3ccccc3)[nH]2)ccnc1F)C1CCCCC1. The summed E-state index contributed by atoms with van der Waals surface area (Å²) in [6, 6.07) is 32.6. The molecule has 0 radical (unpaired) electrons. The number of aromatic amines is 1. The molecule has 1 saturated carbocycles. The molecule has 0 atom stereocenters. The van der Waals surface area contributed by atoms with Gasteiger partial charge in [0.15, 0.2) is 5.78 Å². The van der Waals surface area contributed by atoms with Crippen molar-refractivity contribution in [2.24, 2.45) is 5.92 Å². The van der Waals surface area contributed by atoms with Crippen LogP contribution in [-0.2, 0) is 10.2 Å². The van der Waals surface area contributed by atoms with Crippen LogP contribution in [0, 0.1) is 11.9 Å². The highest BCUT2D eigenvalue weighted by Crippen LogP contribution is 2.44. The Bertz CT molecular complexity index is 1540. The summed E-state index contributed by atoms with van der Waals surface area (Å²) in [6.45, 7) is 0. The van der Waals surface area contributed by atoms with Crippen molar-refractivity contribution in [2.75, 3.05) is 0 Å². The van der Waals surface area contributed by atoms with Crippen LogP contribution in [0.5, 0.6) is 0 Å². The van der Waals surface area contributed by atoms with E-state index in [-0.39, 0.29) is 17.3 Å². The predicted octanol–water partition coefficient (Wildman–Crippen LogP) is 8.16. The third kappa shape index (κ3) is 5.16. The molecule has 0 saturated heterocycles. The molecular formula is C36H32FN3O. The molecule has 41 heavy (non-hydrogen) atoms. The molecule has 204 valence electrons. The molecule has 0 aliphatic heterocycles. The van der Waals surface area contributed by atoms with Gasteiger partial charge >= 0.3 is 0 Å². The minimum Gasteiger partial charge on any atom is -0.341 e. The lowest BCUT2D eigenvalue weighted by Crippen LogP contribution is -2.32. The first-order valence-electron chi connectivity index (χ1n) is 14.3. The van der Waals surface area contributed by atoms with Gasteiger partial charge in [0.1, 0.15) is 11.2 Å². The molecule has 1 aliphatic carbocycles. The summed E-state index contributed by atoms with van der Waals surface area (Å²) >= 11 is 0. The molecular weight excluding hydrogens is 509 g/mol. The lowest BCUT2D eigenvalue weighted by Gasteiger charge is -2.34. The van der Waals surface area contributed by atoms with E-state index >= 15 is 4.39 Å². The van der Waals surface area contributed by atoms with E-state index in [1.54, 1.807) is 18.3 Å². The fraction of sp³-hybridized carbons (Fsp3) is 0.194. The second-order valence-corrected chi connectivity index (χ2v) is 10.6. The highest BCUT2D eigenvalue weighted by atomic mass is 19.1. The zero-order valence-electron chi connectivity index (χ0n) is 22.8. The van der Waals surface area contributed by atoms with Crippen molar-refractivity contribution in [1.82, 2.24) is 15.0 Å². The number of imidazole rings is 1. The number of benzene rings is 3. The van der Waals surface area contributed by atoms with E-state index in [2.05, 4.69) is 46.4 Å². The van der Waals surface area contributed by atoms with Gasteiger partial charge in [-0.3, -0.25) is 4.79 Å². The van der Waals surface area contributed by atoms with Gasteiger partial charge in [-0.25, -0.2) is 9.97 Å². The van der Waals surface area contributed by atoms with E-state index in [9.17, 15) is 4.79 Å². The number of carbonyl (C=O) groups excluding carboxylic acids is 1. The Labute approximate surface area is 240 Å². The Morgan fingerprint density at radius 1 is 0.780 bits per heavy atom. The van der Waals surface area contributed by atoms with E-state index in [4.69, 9.17) is 4.98 Å². The summed E-state index contributed by atoms with van der Waals surface area (Å²) in [5.74, 6) is 0.166. The van der Waals surface area contributed by atoms with Gasteiger partial charge in [0.25, 0.3) is 0 Å². The van der Waals surface area contributed by atoms with E-state index in [0.29, 0.717) is 17.1 Å². The number of nitrogens with one attached hydrogen (secondary N) is 1. The van der Waals surface area contributed by atoms with Crippen LogP contribution in [0.2, 0.25) is 0 Å². The Hall–Kier alpha value is -4.64. The number of aromatic nitrogens is 3. The van der Waals surface area contributed by atoms with Crippen LogP contribution in [0.15, 0.2) is 116 Å². The first-order valence-corrected chi connectivity index (χ1v) is 14.3. The van der Waals surface area contributed by atoms with E-state index in [1.807, 2.05) is 54.6 Å². The fourth-order valence-corrected chi connectivity index (χ4v) is 6.15. The number of nitrogens with zero attached hydrogens (tertiary/aromatic N) is 2. The van der Waals surface area contributed by atoms with Gasteiger partial charge in [-0.1, -0.05) is 110 Å². The Morgan fingerprint density at radius 2 is 1.34 bits per heavy atom. The molecule has 2 heterocycles. The first kappa shape index (κ1) is 26.6. The van der Waals surface area contributed by atoms with Crippen molar-refractivity contribution >= 4 is 11.9 Å². The molecule has 1 N–H and O–H groups in total. The van der Waals surface area contributed by atoms with Gasteiger partial charge in [0.05, 0.1) is 11.9 Å². The van der Waals surface area contributed by atoms with Crippen molar-refractivity contribution in [2.45, 2.75) is 37.5 Å². The smallest absolute Gasteiger partial charge is 0.220 e. The highest BCUT2D eigenvalue weighted by molar-refractivity contribution is 5.96. The summed E-state index contributed by atoms with van der Waals surface area (Å²) in [5.41, 5.74) is 3.94. The number of carbonyl (C=O) groups is 1. The molecule has 6 rings (SSSR count). The minimum absolute atomic E-state index is 0.0187. The van der Waals surface area contributed by atoms with Crippen LogP contribution < -0.4 is 0 Å². The average molecular weight is 542 g/mol. The standard InChI is InChI=1S/C36H32FN3O/c37-34-31(21-22-33(41)26-13-5-1-6-14-26)30(23-24-38-34)32-25-39-35(40-32)36(27-15-7-2-8-16-27,28-17-9-3-10-18-28)29-19-11-4-12-20-29/h2-4,7-12,15-26H,1,5-6,13-14H2,(H,39,40). The van der Waals surface area contributed by atoms with E-state index in [0.717, 1.165) is 42.4 Å².